The van der Waals surface area contributed by atoms with Crippen molar-refractivity contribution in [1.29, 1.82) is 0 Å². The summed E-state index contributed by atoms with van der Waals surface area (Å²) in [5, 5.41) is 2.56. The second kappa shape index (κ2) is 9.86. The van der Waals surface area contributed by atoms with Gasteiger partial charge in [-0.15, -0.1) is 0 Å². The lowest BCUT2D eigenvalue weighted by molar-refractivity contribution is -0.121. The second-order valence-electron chi connectivity index (χ2n) is 5.02. The monoisotopic (exact) mass is 331 g/mol. The standard InChI is InChI=1S/C16H20F3NO3/c1-2-3-4-5-6-13(21)20-9-10-23-16(22)11-7-8-12(17)15(19)14(11)18/h7-8H,2-6,9-10H2,1H3,(H,20,21). The Hall–Kier alpha value is -2.05. The molecule has 0 atom stereocenters. The molecule has 1 rings (SSSR count). The molecule has 0 aliphatic heterocycles. The van der Waals surface area contributed by atoms with E-state index in [2.05, 4.69) is 12.2 Å². The van der Waals surface area contributed by atoms with Gasteiger partial charge in [0.1, 0.15) is 6.61 Å². The normalized spacial score (nSPS) is 10.4. The van der Waals surface area contributed by atoms with Crippen LogP contribution in [-0.2, 0) is 9.53 Å². The van der Waals surface area contributed by atoms with Gasteiger partial charge in [0, 0.05) is 6.42 Å². The Morgan fingerprint density at radius 3 is 2.52 bits per heavy atom. The molecule has 0 fully saturated rings. The van der Waals surface area contributed by atoms with E-state index in [9.17, 15) is 22.8 Å². The predicted molar refractivity (Wildman–Crippen MR) is 78.4 cm³/mol. The van der Waals surface area contributed by atoms with E-state index in [1.165, 1.54) is 0 Å². The molecule has 0 saturated heterocycles. The molecule has 23 heavy (non-hydrogen) atoms. The van der Waals surface area contributed by atoms with Crippen molar-refractivity contribution < 1.29 is 27.5 Å². The molecule has 0 aliphatic rings. The van der Waals surface area contributed by atoms with Gasteiger partial charge in [0.05, 0.1) is 12.1 Å². The van der Waals surface area contributed by atoms with E-state index in [4.69, 9.17) is 4.74 Å². The van der Waals surface area contributed by atoms with E-state index in [0.717, 1.165) is 31.7 Å². The summed E-state index contributed by atoms with van der Waals surface area (Å²) in [7, 11) is 0. The predicted octanol–water partition coefficient (Wildman–Crippen LogP) is 3.35. The number of amides is 1. The molecular weight excluding hydrogens is 311 g/mol. The molecule has 1 aromatic rings. The maximum absolute atomic E-state index is 13.4. The average Bonchev–Trinajstić information content (AvgIpc) is 2.53. The molecule has 0 aromatic heterocycles. The van der Waals surface area contributed by atoms with Gasteiger partial charge >= 0.3 is 5.97 Å². The molecular formula is C16H20F3NO3. The lowest BCUT2D eigenvalue weighted by Gasteiger charge is -2.08. The van der Waals surface area contributed by atoms with E-state index in [-0.39, 0.29) is 19.1 Å². The summed E-state index contributed by atoms with van der Waals surface area (Å²) in [5.41, 5.74) is -0.685. The minimum Gasteiger partial charge on any atom is -0.460 e. The van der Waals surface area contributed by atoms with E-state index in [0.29, 0.717) is 12.5 Å². The van der Waals surface area contributed by atoms with Crippen molar-refractivity contribution in [2.45, 2.75) is 39.0 Å². The average molecular weight is 331 g/mol. The van der Waals surface area contributed by atoms with Crippen LogP contribution >= 0.6 is 0 Å². The number of hydrogen-bond donors (Lipinski definition) is 1. The number of nitrogens with one attached hydrogen (secondary N) is 1. The van der Waals surface area contributed by atoms with Crippen molar-refractivity contribution in [3.63, 3.8) is 0 Å². The first kappa shape index (κ1) is 19.0. The zero-order valence-electron chi connectivity index (χ0n) is 13.0. The van der Waals surface area contributed by atoms with Crippen molar-refractivity contribution >= 4 is 11.9 Å². The number of unbranched alkanes of at least 4 members (excludes halogenated alkanes) is 3. The van der Waals surface area contributed by atoms with E-state index in [1.54, 1.807) is 0 Å². The first-order chi connectivity index (χ1) is 11.0. The number of rotatable bonds is 9. The van der Waals surface area contributed by atoms with Gasteiger partial charge in [-0.3, -0.25) is 4.79 Å². The Labute approximate surface area is 133 Å². The highest BCUT2D eigenvalue weighted by Crippen LogP contribution is 2.15. The molecule has 128 valence electrons. The van der Waals surface area contributed by atoms with Crippen molar-refractivity contribution in [3.05, 3.63) is 35.1 Å². The van der Waals surface area contributed by atoms with Crippen molar-refractivity contribution in [3.8, 4) is 0 Å². The largest absolute Gasteiger partial charge is 0.460 e. The fraction of sp³-hybridized carbons (Fsp3) is 0.500. The first-order valence-electron chi connectivity index (χ1n) is 7.54. The van der Waals surface area contributed by atoms with Crippen LogP contribution in [0.2, 0.25) is 0 Å². The molecule has 0 saturated carbocycles. The Morgan fingerprint density at radius 1 is 1.09 bits per heavy atom. The van der Waals surface area contributed by atoms with Gasteiger partial charge in [-0.25, -0.2) is 18.0 Å². The second-order valence-corrected chi connectivity index (χ2v) is 5.02. The van der Waals surface area contributed by atoms with Crippen LogP contribution in [0, 0.1) is 17.5 Å². The fourth-order valence-corrected chi connectivity index (χ4v) is 1.90. The third kappa shape index (κ3) is 6.30. The van der Waals surface area contributed by atoms with Gasteiger partial charge in [0.2, 0.25) is 5.91 Å². The molecule has 1 N–H and O–H groups in total. The third-order valence-electron chi connectivity index (χ3n) is 3.17. The lowest BCUT2D eigenvalue weighted by Crippen LogP contribution is -2.28. The number of esters is 1. The number of halogens is 3. The number of carbonyl (C=O) groups is 2. The zero-order valence-corrected chi connectivity index (χ0v) is 13.0. The van der Waals surface area contributed by atoms with Crippen molar-refractivity contribution in [1.82, 2.24) is 5.32 Å². The molecule has 0 heterocycles. The van der Waals surface area contributed by atoms with E-state index < -0.39 is 29.0 Å². The summed E-state index contributed by atoms with van der Waals surface area (Å²) >= 11 is 0. The number of ether oxygens (including phenoxy) is 1. The van der Waals surface area contributed by atoms with E-state index in [1.807, 2.05) is 0 Å². The summed E-state index contributed by atoms with van der Waals surface area (Å²) in [6, 6.07) is 1.45. The van der Waals surface area contributed by atoms with Crippen LogP contribution in [0.1, 0.15) is 49.4 Å². The summed E-state index contributed by atoms with van der Waals surface area (Å²) in [5.74, 6) is -5.96. The maximum Gasteiger partial charge on any atom is 0.341 e. The highest BCUT2D eigenvalue weighted by atomic mass is 19.2. The number of benzene rings is 1. The molecule has 1 aromatic carbocycles. The minimum atomic E-state index is -1.72. The Bertz CT molecular complexity index is 550. The lowest BCUT2D eigenvalue weighted by atomic mass is 10.1. The molecule has 7 heteroatoms. The van der Waals surface area contributed by atoms with Gasteiger partial charge in [0.15, 0.2) is 17.5 Å². The molecule has 4 nitrogen and oxygen atoms in total. The van der Waals surface area contributed by atoms with Crippen molar-refractivity contribution in [2.75, 3.05) is 13.2 Å². The highest BCUT2D eigenvalue weighted by molar-refractivity contribution is 5.89. The SMILES string of the molecule is CCCCCCC(=O)NCCOC(=O)c1ccc(F)c(F)c1F. The van der Waals surface area contributed by atoms with Gasteiger partial charge in [-0.2, -0.15) is 0 Å². The van der Waals surface area contributed by atoms with Crippen LogP contribution in [0.25, 0.3) is 0 Å². The van der Waals surface area contributed by atoms with Crippen molar-refractivity contribution in [2.24, 2.45) is 0 Å². The maximum atomic E-state index is 13.4. The van der Waals surface area contributed by atoms with E-state index >= 15 is 0 Å². The van der Waals surface area contributed by atoms with Crippen LogP contribution in [-0.4, -0.2) is 25.0 Å². The number of hydrogen-bond acceptors (Lipinski definition) is 3. The Balaban J connectivity index is 2.29. The van der Waals surface area contributed by atoms with Crippen LogP contribution in [0.3, 0.4) is 0 Å². The van der Waals surface area contributed by atoms with Crippen LogP contribution < -0.4 is 5.32 Å². The fourth-order valence-electron chi connectivity index (χ4n) is 1.90. The molecule has 0 radical (unpaired) electrons. The van der Waals surface area contributed by atoms with Gasteiger partial charge in [-0.1, -0.05) is 26.2 Å². The number of carbonyl (C=O) groups excluding carboxylic acids is 2. The Kier molecular flexibility index (Phi) is 8.15. The third-order valence-corrected chi connectivity index (χ3v) is 3.17. The minimum absolute atomic E-state index is 0.0731. The molecule has 0 spiro atoms. The molecule has 0 unspecified atom stereocenters. The van der Waals surface area contributed by atoms with Crippen LogP contribution in [0.5, 0.6) is 0 Å². The highest BCUT2D eigenvalue weighted by Gasteiger charge is 2.19. The smallest absolute Gasteiger partial charge is 0.341 e. The first-order valence-corrected chi connectivity index (χ1v) is 7.54. The zero-order chi connectivity index (χ0) is 17.2. The summed E-state index contributed by atoms with van der Waals surface area (Å²) in [6.07, 6.45) is 4.32. The van der Waals surface area contributed by atoms with Gasteiger partial charge in [0.25, 0.3) is 0 Å². The molecule has 0 aliphatic carbocycles. The molecule has 0 bridgehead atoms. The van der Waals surface area contributed by atoms with Gasteiger partial charge < -0.3 is 10.1 Å². The van der Waals surface area contributed by atoms with Crippen LogP contribution in [0.4, 0.5) is 13.2 Å². The van der Waals surface area contributed by atoms with Gasteiger partial charge in [-0.05, 0) is 18.6 Å². The quantitative estimate of drug-likeness (QED) is 0.429. The summed E-state index contributed by atoms with van der Waals surface area (Å²) < 4.78 is 43.8. The summed E-state index contributed by atoms with van der Waals surface area (Å²) in [6.45, 7) is 1.96. The Morgan fingerprint density at radius 2 is 1.83 bits per heavy atom. The topological polar surface area (TPSA) is 55.4 Å². The molecule has 1 amide bonds. The summed E-state index contributed by atoms with van der Waals surface area (Å²) in [4.78, 5) is 23.0. The van der Waals surface area contributed by atoms with Crippen LogP contribution in [0.15, 0.2) is 12.1 Å².